The molecule has 1 heterocycles. The molecule has 0 amide bonds. The predicted molar refractivity (Wildman–Crippen MR) is 73.7 cm³/mol. The lowest BCUT2D eigenvalue weighted by Crippen LogP contribution is -2.09. The predicted octanol–water partition coefficient (Wildman–Crippen LogP) is 2.94. The number of aryl methyl sites for hydroxylation is 1. The second-order valence-electron chi connectivity index (χ2n) is 4.34. The van der Waals surface area contributed by atoms with Gasteiger partial charge in [-0.3, -0.25) is 0 Å². The number of rotatable bonds is 4. The summed E-state index contributed by atoms with van der Waals surface area (Å²) in [6, 6.07) is 7.39. The molecule has 0 aliphatic carbocycles. The zero-order valence-corrected chi connectivity index (χ0v) is 11.0. The summed E-state index contributed by atoms with van der Waals surface area (Å²) in [5.41, 5.74) is 7.97. The van der Waals surface area contributed by atoms with Crippen molar-refractivity contribution >= 4 is 11.5 Å². The smallest absolute Gasteiger partial charge is 0.187 e. The number of halogens is 1. The van der Waals surface area contributed by atoms with E-state index in [1.807, 2.05) is 38.1 Å². The number of nitrogens with zero attached hydrogens (tertiary/aromatic N) is 2. The third-order valence-electron chi connectivity index (χ3n) is 2.90. The van der Waals surface area contributed by atoms with Gasteiger partial charge in [-0.05, 0) is 25.0 Å². The molecule has 0 saturated carbocycles. The highest BCUT2D eigenvalue weighted by atomic mass is 19.1. The quantitative estimate of drug-likeness (QED) is 0.887. The van der Waals surface area contributed by atoms with Crippen LogP contribution in [0.4, 0.5) is 15.9 Å². The first kappa shape index (κ1) is 13.4. The van der Waals surface area contributed by atoms with Gasteiger partial charge in [0.05, 0.1) is 5.69 Å². The molecule has 0 aliphatic heterocycles. The summed E-state index contributed by atoms with van der Waals surface area (Å²) in [6.07, 6.45) is 1.89. The molecular weight excluding hydrogens is 243 g/mol. The van der Waals surface area contributed by atoms with Gasteiger partial charge in [0.1, 0.15) is 6.33 Å². The molecular formula is C14H17FN4. The lowest BCUT2D eigenvalue weighted by atomic mass is 10.1. The van der Waals surface area contributed by atoms with E-state index >= 15 is 0 Å². The largest absolute Gasteiger partial charge is 0.337 e. The number of aromatic nitrogens is 2. The van der Waals surface area contributed by atoms with E-state index in [2.05, 4.69) is 15.3 Å². The van der Waals surface area contributed by atoms with E-state index in [4.69, 9.17) is 5.73 Å². The number of nitrogens with one attached hydrogen (secondary N) is 1. The monoisotopic (exact) mass is 260 g/mol. The maximum Gasteiger partial charge on any atom is 0.187 e. The average Bonchev–Trinajstić information content (AvgIpc) is 2.41. The Bertz CT molecular complexity index is 569. The Hall–Kier alpha value is -2.01. The molecule has 1 atom stereocenters. The lowest BCUT2D eigenvalue weighted by molar-refractivity contribution is 0.598. The van der Waals surface area contributed by atoms with Crippen LogP contribution in [0.25, 0.3) is 0 Å². The summed E-state index contributed by atoms with van der Waals surface area (Å²) in [5, 5.41) is 2.99. The first-order valence-electron chi connectivity index (χ1n) is 6.24. The Labute approximate surface area is 111 Å². The van der Waals surface area contributed by atoms with Gasteiger partial charge in [-0.1, -0.05) is 25.1 Å². The van der Waals surface area contributed by atoms with E-state index in [0.29, 0.717) is 12.1 Å². The van der Waals surface area contributed by atoms with Gasteiger partial charge in [-0.2, -0.15) is 0 Å². The molecule has 3 N–H and O–H groups in total. The highest BCUT2D eigenvalue weighted by Gasteiger charge is 2.12. The van der Waals surface area contributed by atoms with Gasteiger partial charge >= 0.3 is 0 Å². The second-order valence-corrected chi connectivity index (χ2v) is 4.34. The van der Waals surface area contributed by atoms with Crippen LogP contribution in [0.15, 0.2) is 30.6 Å². The van der Waals surface area contributed by atoms with E-state index in [0.717, 1.165) is 11.3 Å². The van der Waals surface area contributed by atoms with E-state index < -0.39 is 5.82 Å². The van der Waals surface area contributed by atoms with Gasteiger partial charge in [0.15, 0.2) is 11.6 Å². The van der Waals surface area contributed by atoms with Crippen LogP contribution in [0.5, 0.6) is 0 Å². The normalized spacial score (nSPS) is 12.2. The van der Waals surface area contributed by atoms with Crippen molar-refractivity contribution in [1.29, 1.82) is 0 Å². The van der Waals surface area contributed by atoms with Crippen LogP contribution < -0.4 is 11.1 Å². The molecule has 0 radical (unpaired) electrons. The van der Waals surface area contributed by atoms with Crippen LogP contribution >= 0.6 is 0 Å². The molecule has 4 nitrogen and oxygen atoms in total. The van der Waals surface area contributed by atoms with Crippen molar-refractivity contribution in [2.75, 3.05) is 5.32 Å². The molecule has 19 heavy (non-hydrogen) atoms. The van der Waals surface area contributed by atoms with E-state index in [9.17, 15) is 4.39 Å². The van der Waals surface area contributed by atoms with Crippen molar-refractivity contribution < 1.29 is 4.39 Å². The molecule has 0 fully saturated rings. The minimum atomic E-state index is -0.413. The van der Waals surface area contributed by atoms with E-state index in [-0.39, 0.29) is 11.9 Å². The lowest BCUT2D eigenvalue weighted by Gasteiger charge is -2.14. The third-order valence-corrected chi connectivity index (χ3v) is 2.90. The molecule has 0 aliphatic rings. The van der Waals surface area contributed by atoms with Crippen LogP contribution in [0.1, 0.15) is 31.1 Å². The molecule has 0 spiro atoms. The van der Waals surface area contributed by atoms with Gasteiger partial charge in [-0.25, -0.2) is 14.4 Å². The number of benzene rings is 1. The molecule has 1 aromatic carbocycles. The topological polar surface area (TPSA) is 63.8 Å². The maximum atomic E-state index is 14.1. The van der Waals surface area contributed by atoms with Gasteiger partial charge in [0, 0.05) is 11.7 Å². The van der Waals surface area contributed by atoms with Gasteiger partial charge in [0.2, 0.25) is 0 Å². The van der Waals surface area contributed by atoms with E-state index in [1.54, 1.807) is 0 Å². The van der Waals surface area contributed by atoms with Crippen LogP contribution in [0.3, 0.4) is 0 Å². The Kier molecular flexibility index (Phi) is 4.06. The molecule has 0 saturated heterocycles. The number of nitrogens with two attached hydrogens (primary N) is 1. The van der Waals surface area contributed by atoms with Gasteiger partial charge in [-0.15, -0.1) is 0 Å². The van der Waals surface area contributed by atoms with E-state index in [1.165, 1.54) is 6.33 Å². The summed E-state index contributed by atoms with van der Waals surface area (Å²) in [4.78, 5) is 7.85. The van der Waals surface area contributed by atoms with Crippen molar-refractivity contribution in [2.45, 2.75) is 26.3 Å². The Morgan fingerprint density at radius 1 is 1.32 bits per heavy atom. The summed E-state index contributed by atoms with van der Waals surface area (Å²) in [7, 11) is 0. The van der Waals surface area contributed by atoms with Crippen molar-refractivity contribution in [1.82, 2.24) is 9.97 Å². The molecule has 100 valence electrons. The number of hydrogen-bond donors (Lipinski definition) is 2. The Morgan fingerprint density at radius 3 is 2.74 bits per heavy atom. The van der Waals surface area contributed by atoms with Crippen molar-refractivity contribution in [3.05, 3.63) is 47.7 Å². The highest BCUT2D eigenvalue weighted by molar-refractivity contribution is 5.61. The van der Waals surface area contributed by atoms with Crippen LogP contribution in [0.2, 0.25) is 0 Å². The second kappa shape index (κ2) is 5.75. The molecule has 2 aromatic rings. The fourth-order valence-corrected chi connectivity index (χ4v) is 1.88. The van der Waals surface area contributed by atoms with Crippen LogP contribution in [-0.2, 0) is 6.42 Å². The van der Waals surface area contributed by atoms with Gasteiger partial charge < -0.3 is 11.1 Å². The van der Waals surface area contributed by atoms with Crippen molar-refractivity contribution in [3.63, 3.8) is 0 Å². The Morgan fingerprint density at radius 2 is 2.05 bits per heavy atom. The molecule has 2 rings (SSSR count). The minimum Gasteiger partial charge on any atom is -0.337 e. The average molecular weight is 260 g/mol. The molecule has 0 bridgehead atoms. The SMILES string of the molecule is CCc1ncnc(Nc2ccccc2C(C)N)c1F. The Balaban J connectivity index is 2.37. The van der Waals surface area contributed by atoms with Gasteiger partial charge in [0.25, 0.3) is 0 Å². The zero-order valence-electron chi connectivity index (χ0n) is 11.0. The standard InChI is InChI=1S/C14H17FN4/c1-3-11-13(15)14(18-8-17-11)19-12-7-5-4-6-10(12)9(2)16/h4-9H,3,16H2,1-2H3,(H,17,18,19). The zero-order chi connectivity index (χ0) is 13.8. The fourth-order valence-electron chi connectivity index (χ4n) is 1.88. The van der Waals surface area contributed by atoms with Crippen LogP contribution in [-0.4, -0.2) is 9.97 Å². The highest BCUT2D eigenvalue weighted by Crippen LogP contribution is 2.25. The number of anilines is 2. The summed E-state index contributed by atoms with van der Waals surface area (Å²) >= 11 is 0. The number of para-hydroxylation sites is 1. The summed E-state index contributed by atoms with van der Waals surface area (Å²) in [6.45, 7) is 3.74. The first-order chi connectivity index (χ1) is 9.13. The number of hydrogen-bond acceptors (Lipinski definition) is 4. The summed E-state index contributed by atoms with van der Waals surface area (Å²) < 4.78 is 14.1. The van der Waals surface area contributed by atoms with Crippen molar-refractivity contribution in [3.8, 4) is 0 Å². The fraction of sp³-hybridized carbons (Fsp3) is 0.286. The first-order valence-corrected chi connectivity index (χ1v) is 6.24. The van der Waals surface area contributed by atoms with Crippen molar-refractivity contribution in [2.24, 2.45) is 5.73 Å². The van der Waals surface area contributed by atoms with Crippen LogP contribution in [0, 0.1) is 5.82 Å². The minimum absolute atomic E-state index is 0.140. The third kappa shape index (κ3) is 2.88. The summed E-state index contributed by atoms with van der Waals surface area (Å²) in [5.74, 6) is -0.232. The molecule has 5 heteroatoms. The molecule has 1 aromatic heterocycles. The molecule has 1 unspecified atom stereocenters. The maximum absolute atomic E-state index is 14.1.